The first-order valence-corrected chi connectivity index (χ1v) is 6.69. The fourth-order valence-electron chi connectivity index (χ4n) is 1.54. The van der Waals surface area contributed by atoms with E-state index in [1.807, 2.05) is 0 Å². The predicted octanol–water partition coefficient (Wildman–Crippen LogP) is 4.23. The van der Waals surface area contributed by atoms with Crippen molar-refractivity contribution in [2.24, 2.45) is 0 Å². The highest BCUT2D eigenvalue weighted by Gasteiger charge is 2.03. The maximum absolute atomic E-state index is 5.23. The Balaban J connectivity index is 2.17. The zero-order chi connectivity index (χ0) is 10.9. The number of hydrogen-bond acceptors (Lipinski definition) is 0. The Labute approximate surface area is 107 Å². The van der Waals surface area contributed by atoms with Gasteiger partial charge in [-0.1, -0.05) is 52.9 Å². The summed E-state index contributed by atoms with van der Waals surface area (Å²) < 4.78 is 0.760. The van der Waals surface area contributed by atoms with E-state index in [1.54, 1.807) is 0 Å². The lowest BCUT2D eigenvalue weighted by atomic mass is 10.1. The topological polar surface area (TPSA) is 0 Å². The van der Waals surface area contributed by atoms with Crippen molar-refractivity contribution >= 4 is 22.6 Å². The van der Waals surface area contributed by atoms with Crippen LogP contribution in [0.25, 0.3) is 0 Å². The van der Waals surface area contributed by atoms with Gasteiger partial charge >= 0.3 is 0 Å². The van der Waals surface area contributed by atoms with Crippen molar-refractivity contribution in [1.82, 2.24) is 0 Å². The van der Waals surface area contributed by atoms with Crippen LogP contribution in [-0.2, 0) is 6.42 Å². The molecule has 0 bridgehead atoms. The van der Waals surface area contributed by atoms with Crippen LogP contribution in [0, 0.1) is 12.3 Å². The van der Waals surface area contributed by atoms with Gasteiger partial charge in [-0.05, 0) is 31.2 Å². The van der Waals surface area contributed by atoms with Gasteiger partial charge in [0.05, 0.1) is 0 Å². The largest absolute Gasteiger partial charge is 0.120 e. The molecule has 0 N–H and O–H groups in total. The van der Waals surface area contributed by atoms with E-state index in [9.17, 15) is 0 Å². The number of terminal acetylenes is 1. The zero-order valence-corrected chi connectivity index (χ0v) is 11.1. The first kappa shape index (κ1) is 12.6. The lowest BCUT2D eigenvalue weighted by Crippen LogP contribution is -1.99. The van der Waals surface area contributed by atoms with Gasteiger partial charge in [0, 0.05) is 10.3 Å². The number of hydrogen-bond donors (Lipinski definition) is 0. The van der Waals surface area contributed by atoms with Crippen LogP contribution < -0.4 is 0 Å². The summed E-state index contributed by atoms with van der Waals surface area (Å²) in [5.41, 5.74) is 1.44. The molecule has 0 saturated carbocycles. The number of benzene rings is 1. The fraction of sp³-hybridized carbons (Fsp3) is 0.429. The predicted molar refractivity (Wildman–Crippen MR) is 75.3 cm³/mol. The molecular weight excluding hydrogens is 295 g/mol. The zero-order valence-electron chi connectivity index (χ0n) is 8.95. The highest BCUT2D eigenvalue weighted by Crippen LogP contribution is 2.17. The molecule has 0 amide bonds. The summed E-state index contributed by atoms with van der Waals surface area (Å²) in [6, 6.07) is 10.7. The molecule has 1 atom stereocenters. The molecule has 0 spiro atoms. The first-order chi connectivity index (χ1) is 7.33. The third-order valence-electron chi connectivity index (χ3n) is 2.43. The van der Waals surface area contributed by atoms with Crippen molar-refractivity contribution in [1.29, 1.82) is 0 Å². The number of halogens is 1. The second kappa shape index (κ2) is 7.76. The van der Waals surface area contributed by atoms with Gasteiger partial charge < -0.3 is 0 Å². The molecule has 0 fully saturated rings. The van der Waals surface area contributed by atoms with Crippen LogP contribution in [-0.4, -0.2) is 3.92 Å². The SMILES string of the molecule is C#CCCCC(I)CCc1ccccc1. The molecule has 0 aliphatic rings. The Bertz CT molecular complexity index is 297. The Morgan fingerprint density at radius 2 is 1.93 bits per heavy atom. The molecule has 1 aromatic rings. The molecule has 0 aromatic heterocycles. The molecule has 0 radical (unpaired) electrons. The summed E-state index contributed by atoms with van der Waals surface area (Å²) in [4.78, 5) is 0. The molecule has 0 aliphatic carbocycles. The molecular formula is C14H17I. The summed E-state index contributed by atoms with van der Waals surface area (Å²) in [7, 11) is 0. The van der Waals surface area contributed by atoms with Crippen molar-refractivity contribution in [2.45, 2.75) is 36.0 Å². The van der Waals surface area contributed by atoms with Gasteiger partial charge in [0.15, 0.2) is 0 Å². The summed E-state index contributed by atoms with van der Waals surface area (Å²) in [6.45, 7) is 0. The summed E-state index contributed by atoms with van der Waals surface area (Å²) in [6.07, 6.45) is 11.0. The molecule has 1 rings (SSSR count). The molecule has 1 unspecified atom stereocenters. The van der Waals surface area contributed by atoms with Gasteiger partial charge in [-0.2, -0.15) is 0 Å². The molecule has 0 saturated heterocycles. The monoisotopic (exact) mass is 312 g/mol. The van der Waals surface area contributed by atoms with E-state index in [-0.39, 0.29) is 0 Å². The normalized spacial score (nSPS) is 12.0. The summed E-state index contributed by atoms with van der Waals surface area (Å²) >= 11 is 2.54. The van der Waals surface area contributed by atoms with E-state index >= 15 is 0 Å². The van der Waals surface area contributed by atoms with Gasteiger partial charge in [0.25, 0.3) is 0 Å². The number of alkyl halides is 1. The lowest BCUT2D eigenvalue weighted by molar-refractivity contribution is 0.684. The van der Waals surface area contributed by atoms with Crippen LogP contribution in [0.4, 0.5) is 0 Å². The van der Waals surface area contributed by atoms with Crippen LogP contribution in [0.15, 0.2) is 30.3 Å². The minimum atomic E-state index is 0.760. The Morgan fingerprint density at radius 3 is 2.60 bits per heavy atom. The van der Waals surface area contributed by atoms with Gasteiger partial charge in [0.1, 0.15) is 0 Å². The highest BCUT2D eigenvalue weighted by molar-refractivity contribution is 14.1. The minimum absolute atomic E-state index is 0.760. The maximum Gasteiger partial charge on any atom is 0.0113 e. The molecule has 1 heteroatoms. The Morgan fingerprint density at radius 1 is 1.20 bits per heavy atom. The molecule has 15 heavy (non-hydrogen) atoms. The number of aryl methyl sites for hydroxylation is 1. The minimum Gasteiger partial charge on any atom is -0.120 e. The van der Waals surface area contributed by atoms with Gasteiger partial charge in [0.2, 0.25) is 0 Å². The van der Waals surface area contributed by atoms with Crippen molar-refractivity contribution in [3.8, 4) is 12.3 Å². The lowest BCUT2D eigenvalue weighted by Gasteiger charge is -2.08. The standard InChI is InChI=1S/C14H17I/c1-2-3-5-10-14(15)12-11-13-8-6-4-7-9-13/h1,4,6-9,14H,3,5,10-12H2. The van der Waals surface area contributed by atoms with E-state index in [0.717, 1.165) is 10.3 Å². The van der Waals surface area contributed by atoms with Crippen molar-refractivity contribution in [3.63, 3.8) is 0 Å². The number of rotatable bonds is 6. The van der Waals surface area contributed by atoms with Crippen LogP contribution in [0.5, 0.6) is 0 Å². The average molecular weight is 312 g/mol. The van der Waals surface area contributed by atoms with Crippen LogP contribution >= 0.6 is 22.6 Å². The van der Waals surface area contributed by atoms with E-state index in [4.69, 9.17) is 6.42 Å². The Kier molecular flexibility index (Phi) is 6.50. The van der Waals surface area contributed by atoms with Crippen molar-refractivity contribution < 1.29 is 0 Å². The highest BCUT2D eigenvalue weighted by atomic mass is 127. The quantitative estimate of drug-likeness (QED) is 0.319. The van der Waals surface area contributed by atoms with E-state index in [1.165, 1.54) is 31.2 Å². The molecule has 80 valence electrons. The van der Waals surface area contributed by atoms with Crippen LogP contribution in [0.2, 0.25) is 0 Å². The average Bonchev–Trinajstić information content (AvgIpc) is 2.28. The van der Waals surface area contributed by atoms with E-state index < -0.39 is 0 Å². The third-order valence-corrected chi connectivity index (χ3v) is 3.67. The second-order valence-corrected chi connectivity index (χ2v) is 5.48. The summed E-state index contributed by atoms with van der Waals surface area (Å²) in [5, 5.41) is 0. The maximum atomic E-state index is 5.23. The molecule has 0 nitrogen and oxygen atoms in total. The van der Waals surface area contributed by atoms with Gasteiger partial charge in [-0.25, -0.2) is 0 Å². The fourth-order valence-corrected chi connectivity index (χ4v) is 2.29. The van der Waals surface area contributed by atoms with Crippen LogP contribution in [0.1, 0.15) is 31.2 Å². The van der Waals surface area contributed by atoms with Gasteiger partial charge in [-0.15, -0.1) is 12.3 Å². The molecule has 0 heterocycles. The Hall–Kier alpha value is -0.490. The smallest absolute Gasteiger partial charge is 0.0113 e. The van der Waals surface area contributed by atoms with Crippen LogP contribution in [0.3, 0.4) is 0 Å². The number of unbranched alkanes of at least 4 members (excludes halogenated alkanes) is 1. The molecule has 0 aliphatic heterocycles. The van der Waals surface area contributed by atoms with E-state index in [0.29, 0.717) is 0 Å². The second-order valence-electron chi connectivity index (χ2n) is 3.72. The van der Waals surface area contributed by atoms with Crippen molar-refractivity contribution in [3.05, 3.63) is 35.9 Å². The first-order valence-electron chi connectivity index (χ1n) is 5.44. The van der Waals surface area contributed by atoms with Crippen molar-refractivity contribution in [2.75, 3.05) is 0 Å². The van der Waals surface area contributed by atoms with E-state index in [2.05, 4.69) is 58.8 Å². The van der Waals surface area contributed by atoms with Gasteiger partial charge in [-0.3, -0.25) is 0 Å². The summed E-state index contributed by atoms with van der Waals surface area (Å²) in [5.74, 6) is 2.69. The molecule has 1 aromatic carbocycles. The third kappa shape index (κ3) is 5.84.